The Balaban J connectivity index is 1.38. The zero-order valence-electron chi connectivity index (χ0n) is 17.1. The molecule has 4 rings (SSSR count). The second-order valence-corrected chi connectivity index (χ2v) is 12.3. The molecule has 7 nitrogen and oxygen atoms in total. The van der Waals surface area contributed by atoms with Gasteiger partial charge in [0.15, 0.2) is 9.84 Å². The minimum absolute atomic E-state index is 0.0109. The van der Waals surface area contributed by atoms with Crippen LogP contribution >= 0.6 is 11.6 Å². The first-order valence-electron chi connectivity index (χ1n) is 10.1. The van der Waals surface area contributed by atoms with Crippen molar-refractivity contribution in [3.63, 3.8) is 0 Å². The highest BCUT2D eigenvalue weighted by atomic mass is 35.5. The number of ether oxygens (including phenoxy) is 1. The number of likely N-dealkylation sites (tertiary alicyclic amines) is 1. The number of hydrogen-bond donors (Lipinski definition) is 1. The normalized spacial score (nSPS) is 20.1. The lowest BCUT2D eigenvalue weighted by molar-refractivity contribution is 0.302. The monoisotopic (exact) mass is 484 g/mol. The molecular weight excluding hydrogens is 460 g/mol. The van der Waals surface area contributed by atoms with E-state index < -0.39 is 19.9 Å². The van der Waals surface area contributed by atoms with E-state index in [-0.39, 0.29) is 20.9 Å². The van der Waals surface area contributed by atoms with Gasteiger partial charge in [-0.05, 0) is 55.2 Å². The van der Waals surface area contributed by atoms with Crippen molar-refractivity contribution >= 4 is 31.5 Å². The molecule has 0 unspecified atom stereocenters. The van der Waals surface area contributed by atoms with E-state index >= 15 is 0 Å². The third-order valence-corrected chi connectivity index (χ3v) is 8.48. The average molecular weight is 485 g/mol. The van der Waals surface area contributed by atoms with Gasteiger partial charge in [0, 0.05) is 31.9 Å². The predicted molar refractivity (Wildman–Crippen MR) is 119 cm³/mol. The highest BCUT2D eigenvalue weighted by Crippen LogP contribution is 2.28. The summed E-state index contributed by atoms with van der Waals surface area (Å²) in [5.74, 6) is 0.881. The van der Waals surface area contributed by atoms with E-state index in [2.05, 4.69) is 9.62 Å². The van der Waals surface area contributed by atoms with Crippen LogP contribution in [-0.2, 0) is 26.4 Å². The highest BCUT2D eigenvalue weighted by molar-refractivity contribution is 7.91. The smallest absolute Gasteiger partial charge is 0.242 e. The predicted octanol–water partition coefficient (Wildman–Crippen LogP) is 2.84. The maximum atomic E-state index is 12.9. The summed E-state index contributed by atoms with van der Waals surface area (Å²) in [7, 11) is -7.50. The lowest BCUT2D eigenvalue weighted by Gasteiger charge is -2.17. The largest absolute Gasteiger partial charge is 0.490 e. The summed E-state index contributed by atoms with van der Waals surface area (Å²) in [6.45, 7) is 2.03. The Morgan fingerprint density at radius 3 is 2.42 bits per heavy atom. The van der Waals surface area contributed by atoms with E-state index in [1.807, 2.05) is 24.3 Å². The van der Waals surface area contributed by atoms with Crippen molar-refractivity contribution < 1.29 is 21.6 Å². The van der Waals surface area contributed by atoms with Gasteiger partial charge in [-0.2, -0.15) is 0 Å². The molecule has 0 radical (unpaired) electrons. The molecule has 2 fully saturated rings. The van der Waals surface area contributed by atoms with Crippen LogP contribution in [0.3, 0.4) is 0 Å². The zero-order valence-corrected chi connectivity index (χ0v) is 19.5. The molecule has 2 aliphatic rings. The van der Waals surface area contributed by atoms with Crippen LogP contribution in [0.5, 0.6) is 5.75 Å². The molecule has 0 amide bonds. The standard InChI is InChI=1S/C21H25ClN2O5S2/c1-30(25,26)19-8-9-20(22)21(12-19)31(27,28)23-16-10-11-24(14-16)13-15-2-4-17(5-3-15)29-18-6-7-18/h2-5,8-9,12,16,18,23H,6-7,10-11,13-14H2,1H3/t16-/m1/s1. The molecule has 2 aromatic rings. The second kappa shape index (κ2) is 8.71. The first-order chi connectivity index (χ1) is 14.6. The highest BCUT2D eigenvalue weighted by Gasteiger charge is 2.29. The number of sulfone groups is 1. The van der Waals surface area contributed by atoms with Crippen LogP contribution < -0.4 is 9.46 Å². The van der Waals surface area contributed by atoms with Crippen LogP contribution in [0, 0.1) is 0 Å². The van der Waals surface area contributed by atoms with Crippen molar-refractivity contribution in [1.29, 1.82) is 0 Å². The summed E-state index contributed by atoms with van der Waals surface area (Å²) >= 11 is 6.07. The van der Waals surface area contributed by atoms with Gasteiger partial charge in [-0.15, -0.1) is 0 Å². The number of hydrogen-bond acceptors (Lipinski definition) is 6. The maximum absolute atomic E-state index is 12.9. The molecular formula is C21H25ClN2O5S2. The summed E-state index contributed by atoms with van der Waals surface area (Å²) in [5, 5.41) is -0.0109. The van der Waals surface area contributed by atoms with Gasteiger partial charge in [0.25, 0.3) is 0 Å². The van der Waals surface area contributed by atoms with Gasteiger partial charge in [0.1, 0.15) is 10.6 Å². The Labute approximate surface area is 188 Å². The molecule has 0 bridgehead atoms. The van der Waals surface area contributed by atoms with Crippen molar-refractivity contribution in [2.24, 2.45) is 0 Å². The number of benzene rings is 2. The van der Waals surface area contributed by atoms with E-state index in [4.69, 9.17) is 16.3 Å². The molecule has 31 heavy (non-hydrogen) atoms. The molecule has 1 atom stereocenters. The molecule has 0 aromatic heterocycles. The minimum Gasteiger partial charge on any atom is -0.490 e. The fraction of sp³-hybridized carbons (Fsp3) is 0.429. The summed E-state index contributed by atoms with van der Waals surface area (Å²) in [6, 6.07) is 11.4. The van der Waals surface area contributed by atoms with Crippen LogP contribution in [0.4, 0.5) is 0 Å². The number of nitrogens with zero attached hydrogens (tertiary/aromatic N) is 1. The fourth-order valence-electron chi connectivity index (χ4n) is 3.59. The van der Waals surface area contributed by atoms with Crippen molar-refractivity contribution in [3.05, 3.63) is 53.1 Å². The Morgan fingerprint density at radius 2 is 1.77 bits per heavy atom. The first kappa shape index (κ1) is 22.5. The Hall–Kier alpha value is -1.65. The van der Waals surface area contributed by atoms with Crippen LogP contribution in [-0.4, -0.2) is 53.2 Å². The number of sulfonamides is 1. The second-order valence-electron chi connectivity index (χ2n) is 8.17. The zero-order chi connectivity index (χ0) is 22.2. The molecule has 1 saturated heterocycles. The van der Waals surface area contributed by atoms with Gasteiger partial charge in [-0.1, -0.05) is 23.7 Å². The van der Waals surface area contributed by atoms with Gasteiger partial charge in [-0.25, -0.2) is 21.6 Å². The molecule has 1 heterocycles. The van der Waals surface area contributed by atoms with Crippen molar-refractivity contribution in [1.82, 2.24) is 9.62 Å². The van der Waals surface area contributed by atoms with Crippen molar-refractivity contribution in [2.45, 2.75) is 47.7 Å². The van der Waals surface area contributed by atoms with Crippen LogP contribution in [0.2, 0.25) is 5.02 Å². The molecule has 10 heteroatoms. The van der Waals surface area contributed by atoms with Crippen molar-refractivity contribution in [3.8, 4) is 5.75 Å². The molecule has 1 aliphatic carbocycles. The molecule has 2 aromatic carbocycles. The van der Waals surface area contributed by atoms with E-state index in [1.54, 1.807) is 0 Å². The SMILES string of the molecule is CS(=O)(=O)c1ccc(Cl)c(S(=O)(=O)N[C@@H]2CCN(Cc3ccc(OC4CC4)cc3)C2)c1. The minimum atomic E-state index is -3.95. The van der Waals surface area contributed by atoms with Gasteiger partial charge >= 0.3 is 0 Å². The Morgan fingerprint density at radius 1 is 1.06 bits per heavy atom. The molecule has 0 spiro atoms. The Bertz CT molecular complexity index is 1160. The lowest BCUT2D eigenvalue weighted by atomic mass is 10.2. The molecule has 1 N–H and O–H groups in total. The van der Waals surface area contributed by atoms with Gasteiger partial charge < -0.3 is 4.74 Å². The Kier molecular flexibility index (Phi) is 6.33. The van der Waals surface area contributed by atoms with E-state index in [0.29, 0.717) is 25.6 Å². The molecule has 1 saturated carbocycles. The third kappa shape index (κ3) is 5.78. The van der Waals surface area contributed by atoms with Crippen LogP contribution in [0.1, 0.15) is 24.8 Å². The van der Waals surface area contributed by atoms with E-state index in [9.17, 15) is 16.8 Å². The first-order valence-corrected chi connectivity index (χ1v) is 13.9. The fourth-order valence-corrected chi connectivity index (χ4v) is 6.09. The van der Waals surface area contributed by atoms with E-state index in [0.717, 1.165) is 43.0 Å². The number of nitrogens with one attached hydrogen (secondary N) is 1. The average Bonchev–Trinajstić information content (AvgIpc) is 3.40. The van der Waals surface area contributed by atoms with Gasteiger partial charge in [0.05, 0.1) is 16.0 Å². The summed E-state index contributed by atoms with van der Waals surface area (Å²) in [5.41, 5.74) is 1.13. The number of halogens is 1. The molecule has 168 valence electrons. The summed E-state index contributed by atoms with van der Waals surface area (Å²) in [4.78, 5) is 1.87. The lowest BCUT2D eigenvalue weighted by Crippen LogP contribution is -2.37. The maximum Gasteiger partial charge on any atom is 0.242 e. The van der Waals surface area contributed by atoms with E-state index in [1.165, 1.54) is 12.1 Å². The third-order valence-electron chi connectivity index (χ3n) is 5.37. The summed E-state index contributed by atoms with van der Waals surface area (Å²) < 4.78 is 57.7. The van der Waals surface area contributed by atoms with Crippen molar-refractivity contribution in [2.75, 3.05) is 19.3 Å². The van der Waals surface area contributed by atoms with Gasteiger partial charge in [-0.3, -0.25) is 4.90 Å². The summed E-state index contributed by atoms with van der Waals surface area (Å²) in [6.07, 6.45) is 4.29. The number of rotatable bonds is 8. The molecule has 1 aliphatic heterocycles. The topological polar surface area (TPSA) is 92.8 Å². The quantitative estimate of drug-likeness (QED) is 0.619. The van der Waals surface area contributed by atoms with Crippen LogP contribution in [0.15, 0.2) is 52.3 Å². The van der Waals surface area contributed by atoms with Crippen LogP contribution in [0.25, 0.3) is 0 Å². The van der Waals surface area contributed by atoms with Gasteiger partial charge in [0.2, 0.25) is 10.0 Å².